The molecule has 1 aliphatic heterocycles. The Morgan fingerprint density at radius 2 is 2.16 bits per heavy atom. The molecule has 1 N–H and O–H groups in total. The molecule has 0 spiro atoms. The molecule has 0 radical (unpaired) electrons. The van der Waals surface area contributed by atoms with Crippen LogP contribution in [-0.4, -0.2) is 33.4 Å². The van der Waals surface area contributed by atoms with E-state index in [0.717, 1.165) is 26.3 Å². The summed E-state index contributed by atoms with van der Waals surface area (Å²) < 4.78 is 5.69. The molecule has 0 saturated carbocycles. The van der Waals surface area contributed by atoms with Gasteiger partial charge in [-0.05, 0) is 31.5 Å². The minimum atomic E-state index is 0.494. The van der Waals surface area contributed by atoms with Crippen molar-refractivity contribution >= 4 is 5.69 Å². The third-order valence-electron chi connectivity index (χ3n) is 3.84. The van der Waals surface area contributed by atoms with Crippen LogP contribution in [0.5, 0.6) is 0 Å². The van der Waals surface area contributed by atoms with Crippen molar-refractivity contribution in [3.05, 3.63) is 29.8 Å². The van der Waals surface area contributed by atoms with Crippen LogP contribution < -0.4 is 10.2 Å². The third kappa shape index (κ3) is 3.71. The molecule has 0 aliphatic carbocycles. The molecule has 0 aromatic heterocycles. The third-order valence-corrected chi connectivity index (χ3v) is 3.84. The molecule has 0 bridgehead atoms. The average Bonchev–Trinajstić information content (AvgIpc) is 2.47. The minimum absolute atomic E-state index is 0.494. The zero-order valence-corrected chi connectivity index (χ0v) is 12.2. The van der Waals surface area contributed by atoms with Crippen LogP contribution >= 0.6 is 0 Å². The van der Waals surface area contributed by atoms with Crippen LogP contribution in [0.2, 0.25) is 0 Å². The predicted molar refractivity (Wildman–Crippen MR) is 80.8 cm³/mol. The minimum Gasteiger partial charge on any atom is -0.380 e. The molecule has 1 unspecified atom stereocenters. The summed E-state index contributed by atoms with van der Waals surface area (Å²) in [6.07, 6.45) is 3.54. The van der Waals surface area contributed by atoms with Gasteiger partial charge in [0.25, 0.3) is 0 Å². The van der Waals surface area contributed by atoms with Gasteiger partial charge in [0.15, 0.2) is 0 Å². The highest BCUT2D eigenvalue weighted by molar-refractivity contribution is 5.56. The normalized spacial score (nSPS) is 18.4. The number of para-hydroxylation sites is 1. The predicted octanol–water partition coefficient (Wildman–Crippen LogP) is 2.97. The molecule has 0 saturated heterocycles. The smallest absolute Gasteiger partial charge is 0.0641 e. The van der Waals surface area contributed by atoms with Crippen LogP contribution in [0.1, 0.15) is 37.8 Å². The fourth-order valence-electron chi connectivity index (χ4n) is 2.69. The standard InChI is InChI=1S/C16H26N2O/c1-3-4-12-19-13-11-18-10-9-15(17-2)14-7-5-6-8-16(14)18/h5-8,15,17H,3-4,9-13H2,1-2H3. The molecule has 1 heterocycles. The number of ether oxygens (including phenoxy) is 1. The van der Waals surface area contributed by atoms with Gasteiger partial charge >= 0.3 is 0 Å². The molecule has 1 aromatic rings. The number of fused-ring (bicyclic) bond motifs is 1. The van der Waals surface area contributed by atoms with Crippen molar-refractivity contribution in [2.75, 3.05) is 38.3 Å². The first-order valence-electron chi connectivity index (χ1n) is 7.45. The van der Waals surface area contributed by atoms with Crippen LogP contribution in [0.25, 0.3) is 0 Å². The van der Waals surface area contributed by atoms with Crippen molar-refractivity contribution in [2.45, 2.75) is 32.2 Å². The van der Waals surface area contributed by atoms with Gasteiger partial charge in [-0.3, -0.25) is 0 Å². The summed E-state index contributed by atoms with van der Waals surface area (Å²) in [5.74, 6) is 0. The first-order chi connectivity index (χ1) is 9.36. The molecule has 0 amide bonds. The number of benzene rings is 1. The van der Waals surface area contributed by atoms with Gasteiger partial charge in [-0.15, -0.1) is 0 Å². The second-order valence-electron chi connectivity index (χ2n) is 5.14. The largest absolute Gasteiger partial charge is 0.380 e. The molecule has 2 rings (SSSR count). The molecule has 106 valence electrons. The highest BCUT2D eigenvalue weighted by Gasteiger charge is 2.22. The number of unbranched alkanes of at least 4 members (excludes halogenated alkanes) is 1. The Balaban J connectivity index is 1.92. The van der Waals surface area contributed by atoms with Crippen LogP contribution in [0, 0.1) is 0 Å². The molecule has 0 fully saturated rings. The Morgan fingerprint density at radius 1 is 1.32 bits per heavy atom. The number of hydrogen-bond acceptors (Lipinski definition) is 3. The van der Waals surface area contributed by atoms with Crippen molar-refractivity contribution < 1.29 is 4.74 Å². The van der Waals surface area contributed by atoms with Crippen LogP contribution in [0.15, 0.2) is 24.3 Å². The summed E-state index contributed by atoms with van der Waals surface area (Å²) in [7, 11) is 2.05. The monoisotopic (exact) mass is 262 g/mol. The second-order valence-corrected chi connectivity index (χ2v) is 5.14. The van der Waals surface area contributed by atoms with E-state index in [1.165, 1.54) is 30.5 Å². The van der Waals surface area contributed by atoms with E-state index >= 15 is 0 Å². The maximum Gasteiger partial charge on any atom is 0.0641 e. The Bertz CT molecular complexity index is 381. The van der Waals surface area contributed by atoms with E-state index in [-0.39, 0.29) is 0 Å². The van der Waals surface area contributed by atoms with Gasteiger partial charge in [0.05, 0.1) is 6.61 Å². The van der Waals surface area contributed by atoms with E-state index < -0.39 is 0 Å². The Labute approximate surface area is 116 Å². The molecule has 3 heteroatoms. The summed E-state index contributed by atoms with van der Waals surface area (Å²) in [5, 5.41) is 3.41. The highest BCUT2D eigenvalue weighted by Crippen LogP contribution is 2.32. The zero-order valence-electron chi connectivity index (χ0n) is 12.2. The molecular formula is C16H26N2O. The topological polar surface area (TPSA) is 24.5 Å². The van der Waals surface area contributed by atoms with E-state index in [1.807, 2.05) is 7.05 Å². The number of anilines is 1. The molecule has 1 aromatic carbocycles. The van der Waals surface area contributed by atoms with Gasteiger partial charge in [0, 0.05) is 31.4 Å². The number of nitrogens with zero attached hydrogens (tertiary/aromatic N) is 1. The van der Waals surface area contributed by atoms with Crippen molar-refractivity contribution in [3.63, 3.8) is 0 Å². The summed E-state index contributed by atoms with van der Waals surface area (Å²) in [5.41, 5.74) is 2.79. The first-order valence-corrected chi connectivity index (χ1v) is 7.45. The molecule has 3 nitrogen and oxygen atoms in total. The zero-order chi connectivity index (χ0) is 13.5. The molecule has 1 atom stereocenters. The summed E-state index contributed by atoms with van der Waals surface area (Å²) >= 11 is 0. The van der Waals surface area contributed by atoms with Crippen LogP contribution in [0.3, 0.4) is 0 Å². The van der Waals surface area contributed by atoms with E-state index in [4.69, 9.17) is 4.74 Å². The van der Waals surface area contributed by atoms with Gasteiger partial charge in [0.1, 0.15) is 0 Å². The lowest BCUT2D eigenvalue weighted by atomic mass is 9.96. The number of rotatable bonds is 7. The maximum atomic E-state index is 5.69. The van der Waals surface area contributed by atoms with Crippen LogP contribution in [-0.2, 0) is 4.74 Å². The lowest BCUT2D eigenvalue weighted by Crippen LogP contribution is -2.36. The van der Waals surface area contributed by atoms with Crippen molar-refractivity contribution in [3.8, 4) is 0 Å². The summed E-state index contributed by atoms with van der Waals surface area (Å²) in [6, 6.07) is 9.21. The van der Waals surface area contributed by atoms with Gasteiger partial charge in [-0.25, -0.2) is 0 Å². The fourth-order valence-corrected chi connectivity index (χ4v) is 2.69. The fraction of sp³-hybridized carbons (Fsp3) is 0.625. The number of nitrogens with one attached hydrogen (secondary N) is 1. The molecule has 19 heavy (non-hydrogen) atoms. The average molecular weight is 262 g/mol. The lowest BCUT2D eigenvalue weighted by Gasteiger charge is -2.35. The Hall–Kier alpha value is -1.06. The highest BCUT2D eigenvalue weighted by atomic mass is 16.5. The summed E-state index contributed by atoms with van der Waals surface area (Å²) in [4.78, 5) is 2.45. The lowest BCUT2D eigenvalue weighted by molar-refractivity contribution is 0.136. The first kappa shape index (κ1) is 14.4. The van der Waals surface area contributed by atoms with Gasteiger partial charge < -0.3 is 15.0 Å². The summed E-state index contributed by atoms with van der Waals surface area (Å²) in [6.45, 7) is 6.03. The second kappa shape index (κ2) is 7.51. The van der Waals surface area contributed by atoms with E-state index in [9.17, 15) is 0 Å². The molecule has 1 aliphatic rings. The maximum absolute atomic E-state index is 5.69. The van der Waals surface area contributed by atoms with Crippen molar-refractivity contribution in [1.82, 2.24) is 5.32 Å². The van der Waals surface area contributed by atoms with Gasteiger partial charge in [0.2, 0.25) is 0 Å². The number of hydrogen-bond donors (Lipinski definition) is 1. The van der Waals surface area contributed by atoms with E-state index in [2.05, 4.69) is 41.4 Å². The molecular weight excluding hydrogens is 236 g/mol. The van der Waals surface area contributed by atoms with E-state index in [0.29, 0.717) is 6.04 Å². The Kier molecular flexibility index (Phi) is 5.67. The Morgan fingerprint density at radius 3 is 2.95 bits per heavy atom. The van der Waals surface area contributed by atoms with Crippen molar-refractivity contribution in [2.24, 2.45) is 0 Å². The van der Waals surface area contributed by atoms with Gasteiger partial charge in [-0.2, -0.15) is 0 Å². The SMILES string of the molecule is CCCCOCCN1CCC(NC)c2ccccc21. The van der Waals surface area contributed by atoms with Gasteiger partial charge in [-0.1, -0.05) is 31.5 Å². The quantitative estimate of drug-likeness (QED) is 0.765. The van der Waals surface area contributed by atoms with Crippen molar-refractivity contribution in [1.29, 1.82) is 0 Å². The van der Waals surface area contributed by atoms with E-state index in [1.54, 1.807) is 0 Å². The van der Waals surface area contributed by atoms with Crippen LogP contribution in [0.4, 0.5) is 5.69 Å².